The number of fused-ring (bicyclic) bond motifs is 1. The van der Waals surface area contributed by atoms with E-state index in [2.05, 4.69) is 36.8 Å². The van der Waals surface area contributed by atoms with Crippen molar-refractivity contribution in [2.45, 2.75) is 0 Å². The summed E-state index contributed by atoms with van der Waals surface area (Å²) in [6.45, 7) is 0. The number of halogens is 2. The zero-order chi connectivity index (χ0) is 12.0. The monoisotopic (exact) mass is 355 g/mol. The Balaban J connectivity index is 2.31. The molecule has 0 aliphatic rings. The number of rotatable bonds is 1. The maximum absolute atomic E-state index is 6.05. The van der Waals surface area contributed by atoms with Gasteiger partial charge in [0.1, 0.15) is 11.5 Å². The first-order valence-corrected chi connectivity index (χ1v) is 6.43. The molecule has 17 heavy (non-hydrogen) atoms. The number of hydrogen-bond acceptors (Lipinski definition) is 3. The van der Waals surface area contributed by atoms with Gasteiger partial charge in [0.2, 0.25) is 0 Å². The first-order valence-electron chi connectivity index (χ1n) is 4.84. The standard InChI is InChI=1S/C11H7Br2N3O/c12-6-2-1-5-16-10(14)9(15-11(6)16)7-3-4-8(13)17-7/h1-5H,14H2. The van der Waals surface area contributed by atoms with Crippen LogP contribution in [-0.2, 0) is 0 Å². The van der Waals surface area contributed by atoms with Crippen LogP contribution in [0, 0.1) is 0 Å². The van der Waals surface area contributed by atoms with E-state index in [1.165, 1.54) is 0 Å². The van der Waals surface area contributed by atoms with Crippen molar-refractivity contribution in [3.63, 3.8) is 0 Å². The van der Waals surface area contributed by atoms with Crippen molar-refractivity contribution in [3.05, 3.63) is 39.6 Å². The maximum atomic E-state index is 6.05. The third-order valence-electron chi connectivity index (χ3n) is 2.45. The zero-order valence-electron chi connectivity index (χ0n) is 8.52. The number of imidazole rings is 1. The molecule has 0 aliphatic heterocycles. The SMILES string of the molecule is Nc1c(-c2ccc(Br)o2)nc2c(Br)cccn12. The van der Waals surface area contributed by atoms with Gasteiger partial charge in [0, 0.05) is 6.20 Å². The predicted octanol–water partition coefficient (Wildman–Crippen LogP) is 3.70. The first-order chi connectivity index (χ1) is 8.16. The molecule has 6 heteroatoms. The van der Waals surface area contributed by atoms with Crippen molar-refractivity contribution in [3.8, 4) is 11.5 Å². The number of pyridine rings is 1. The van der Waals surface area contributed by atoms with Gasteiger partial charge in [-0.05, 0) is 56.1 Å². The van der Waals surface area contributed by atoms with E-state index < -0.39 is 0 Å². The number of nitrogens with zero attached hydrogens (tertiary/aromatic N) is 2. The average Bonchev–Trinajstić information content (AvgIpc) is 2.85. The van der Waals surface area contributed by atoms with Crippen LogP contribution >= 0.6 is 31.9 Å². The van der Waals surface area contributed by atoms with Crippen LogP contribution in [0.15, 0.2) is 44.0 Å². The number of aromatic nitrogens is 2. The lowest BCUT2D eigenvalue weighted by atomic mass is 10.3. The van der Waals surface area contributed by atoms with Crippen LogP contribution in [0.5, 0.6) is 0 Å². The molecule has 0 atom stereocenters. The summed E-state index contributed by atoms with van der Waals surface area (Å²) in [6, 6.07) is 7.46. The second-order valence-corrected chi connectivity index (χ2v) is 5.14. The van der Waals surface area contributed by atoms with Crippen molar-refractivity contribution >= 4 is 43.3 Å². The highest BCUT2D eigenvalue weighted by Gasteiger charge is 2.15. The van der Waals surface area contributed by atoms with E-state index in [0.29, 0.717) is 21.9 Å². The molecule has 0 bridgehead atoms. The number of furan rings is 1. The molecule has 86 valence electrons. The minimum Gasteiger partial charge on any atom is -0.448 e. The molecular formula is C11H7Br2N3O. The Bertz CT molecular complexity index is 702. The van der Waals surface area contributed by atoms with Crippen LogP contribution in [0.25, 0.3) is 17.1 Å². The summed E-state index contributed by atoms with van der Waals surface area (Å²) >= 11 is 6.70. The van der Waals surface area contributed by atoms with Gasteiger partial charge in [-0.2, -0.15) is 0 Å². The zero-order valence-corrected chi connectivity index (χ0v) is 11.7. The first kappa shape index (κ1) is 10.9. The molecule has 0 radical (unpaired) electrons. The van der Waals surface area contributed by atoms with Crippen molar-refractivity contribution in [1.82, 2.24) is 9.38 Å². The molecule has 3 heterocycles. The molecule has 3 aromatic rings. The summed E-state index contributed by atoms with van der Waals surface area (Å²) in [5.41, 5.74) is 7.47. The fourth-order valence-corrected chi connectivity index (χ4v) is 2.41. The molecule has 3 rings (SSSR count). The summed E-state index contributed by atoms with van der Waals surface area (Å²) in [7, 11) is 0. The Morgan fingerprint density at radius 3 is 2.71 bits per heavy atom. The summed E-state index contributed by atoms with van der Waals surface area (Å²) < 4.78 is 8.83. The molecule has 0 amide bonds. The van der Waals surface area contributed by atoms with E-state index in [0.717, 1.165) is 10.1 Å². The van der Waals surface area contributed by atoms with Gasteiger partial charge in [0.25, 0.3) is 0 Å². The van der Waals surface area contributed by atoms with Crippen LogP contribution in [0.1, 0.15) is 0 Å². The van der Waals surface area contributed by atoms with Gasteiger partial charge < -0.3 is 10.2 Å². The smallest absolute Gasteiger partial charge is 0.169 e. The van der Waals surface area contributed by atoms with Gasteiger partial charge in [0.05, 0.1) is 4.47 Å². The minimum absolute atomic E-state index is 0.558. The topological polar surface area (TPSA) is 56.5 Å². The lowest BCUT2D eigenvalue weighted by Crippen LogP contribution is -1.93. The van der Waals surface area contributed by atoms with E-state index in [9.17, 15) is 0 Å². The second-order valence-electron chi connectivity index (χ2n) is 3.50. The normalized spacial score (nSPS) is 11.2. The lowest BCUT2D eigenvalue weighted by molar-refractivity contribution is 0.554. The Labute approximate surface area is 114 Å². The molecule has 4 nitrogen and oxygen atoms in total. The van der Waals surface area contributed by atoms with Gasteiger partial charge in [-0.15, -0.1) is 0 Å². The molecule has 0 saturated carbocycles. The molecule has 0 saturated heterocycles. The number of hydrogen-bond donors (Lipinski definition) is 1. The van der Waals surface area contributed by atoms with Gasteiger partial charge in [0.15, 0.2) is 16.1 Å². The van der Waals surface area contributed by atoms with Gasteiger partial charge in [-0.1, -0.05) is 0 Å². The van der Waals surface area contributed by atoms with E-state index in [4.69, 9.17) is 10.2 Å². The van der Waals surface area contributed by atoms with Crippen LogP contribution < -0.4 is 5.73 Å². The molecule has 0 spiro atoms. The summed E-state index contributed by atoms with van der Waals surface area (Å²) in [5.74, 6) is 1.20. The Hall–Kier alpha value is -1.27. The fraction of sp³-hybridized carbons (Fsp3) is 0. The minimum atomic E-state index is 0.558. The van der Waals surface area contributed by atoms with E-state index in [1.807, 2.05) is 34.9 Å². The number of nitrogens with two attached hydrogens (primary N) is 1. The summed E-state index contributed by atoms with van der Waals surface area (Å²) in [5, 5.41) is 0. The Morgan fingerprint density at radius 1 is 1.24 bits per heavy atom. The Morgan fingerprint density at radius 2 is 2.06 bits per heavy atom. The molecular weight excluding hydrogens is 350 g/mol. The van der Waals surface area contributed by atoms with Gasteiger partial charge >= 0.3 is 0 Å². The van der Waals surface area contributed by atoms with Crippen LogP contribution in [0.4, 0.5) is 5.82 Å². The molecule has 2 N–H and O–H groups in total. The number of nitrogen functional groups attached to an aromatic ring is 1. The molecule has 3 aromatic heterocycles. The average molecular weight is 357 g/mol. The van der Waals surface area contributed by atoms with Crippen LogP contribution in [0.3, 0.4) is 0 Å². The second kappa shape index (κ2) is 3.89. The highest BCUT2D eigenvalue weighted by Crippen LogP contribution is 2.31. The lowest BCUT2D eigenvalue weighted by Gasteiger charge is -1.96. The highest BCUT2D eigenvalue weighted by atomic mass is 79.9. The van der Waals surface area contributed by atoms with Crippen molar-refractivity contribution in [2.75, 3.05) is 5.73 Å². The largest absolute Gasteiger partial charge is 0.448 e. The van der Waals surface area contributed by atoms with E-state index in [-0.39, 0.29) is 0 Å². The predicted molar refractivity (Wildman–Crippen MR) is 72.7 cm³/mol. The van der Waals surface area contributed by atoms with Crippen molar-refractivity contribution < 1.29 is 4.42 Å². The molecule has 0 aromatic carbocycles. The third kappa shape index (κ3) is 1.68. The number of anilines is 1. The molecule has 0 unspecified atom stereocenters. The van der Waals surface area contributed by atoms with Gasteiger partial charge in [-0.3, -0.25) is 4.40 Å². The van der Waals surface area contributed by atoms with Crippen molar-refractivity contribution in [2.24, 2.45) is 0 Å². The Kier molecular flexibility index (Phi) is 2.48. The quantitative estimate of drug-likeness (QED) is 0.723. The van der Waals surface area contributed by atoms with E-state index >= 15 is 0 Å². The van der Waals surface area contributed by atoms with Gasteiger partial charge in [-0.25, -0.2) is 4.98 Å². The third-order valence-corrected chi connectivity index (χ3v) is 3.49. The molecule has 0 aliphatic carbocycles. The van der Waals surface area contributed by atoms with Crippen LogP contribution in [0.2, 0.25) is 0 Å². The fourth-order valence-electron chi connectivity index (χ4n) is 1.68. The van der Waals surface area contributed by atoms with Crippen molar-refractivity contribution in [1.29, 1.82) is 0 Å². The summed E-state index contributed by atoms with van der Waals surface area (Å²) in [6.07, 6.45) is 1.86. The van der Waals surface area contributed by atoms with Crippen LogP contribution in [-0.4, -0.2) is 9.38 Å². The molecule has 0 fully saturated rings. The highest BCUT2D eigenvalue weighted by molar-refractivity contribution is 9.10. The maximum Gasteiger partial charge on any atom is 0.169 e. The van der Waals surface area contributed by atoms with E-state index in [1.54, 1.807) is 0 Å². The summed E-state index contributed by atoms with van der Waals surface area (Å²) in [4.78, 5) is 4.47.